The molecule has 0 heterocycles. The lowest BCUT2D eigenvalue weighted by Gasteiger charge is -2.26. The molecule has 1 aliphatic carbocycles. The molecule has 2 unspecified atom stereocenters. The molecule has 1 aliphatic rings. The Kier molecular flexibility index (Phi) is 5.89. The van der Waals surface area contributed by atoms with Crippen molar-refractivity contribution in [1.82, 2.24) is 5.32 Å². The van der Waals surface area contributed by atoms with E-state index in [-0.39, 0.29) is 11.2 Å². The average molecular weight is 246 g/mol. The summed E-state index contributed by atoms with van der Waals surface area (Å²) in [6.45, 7) is 1.88. The Balaban J connectivity index is 2.63. The first-order chi connectivity index (χ1) is 7.69. The zero-order valence-electron chi connectivity index (χ0n) is 10.1. The third-order valence-electron chi connectivity index (χ3n) is 3.15. The van der Waals surface area contributed by atoms with E-state index in [1.165, 1.54) is 12.8 Å². The minimum absolute atomic E-state index is 0.0712. The standard InChI is InChI=1S/C13H21ClFN/c1-3-6-13(16-2)12(15)9-10-7-4-5-8-11(10)14/h3,6,10-11,16H,4-5,7-9H2,1-2H3/b6-3-,13-12-. The fourth-order valence-corrected chi connectivity index (χ4v) is 2.58. The van der Waals surface area contributed by atoms with Gasteiger partial charge in [0.1, 0.15) is 5.83 Å². The summed E-state index contributed by atoms with van der Waals surface area (Å²) in [4.78, 5) is 0. The molecule has 3 heteroatoms. The lowest BCUT2D eigenvalue weighted by molar-refractivity contribution is 0.341. The minimum atomic E-state index is -0.0712. The van der Waals surface area contributed by atoms with Crippen molar-refractivity contribution in [2.24, 2.45) is 5.92 Å². The van der Waals surface area contributed by atoms with E-state index in [2.05, 4.69) is 5.32 Å². The van der Waals surface area contributed by atoms with Crippen LogP contribution in [-0.2, 0) is 0 Å². The molecule has 1 saturated carbocycles. The molecule has 0 amide bonds. The topological polar surface area (TPSA) is 12.0 Å². The van der Waals surface area contributed by atoms with Crippen molar-refractivity contribution in [3.63, 3.8) is 0 Å². The number of rotatable bonds is 4. The van der Waals surface area contributed by atoms with Gasteiger partial charge in [0, 0.05) is 18.8 Å². The van der Waals surface area contributed by atoms with Gasteiger partial charge in [-0.05, 0) is 31.8 Å². The van der Waals surface area contributed by atoms with Crippen LogP contribution in [0.1, 0.15) is 39.0 Å². The molecular weight excluding hydrogens is 225 g/mol. The molecule has 0 radical (unpaired) electrons. The van der Waals surface area contributed by atoms with Crippen molar-refractivity contribution in [2.75, 3.05) is 7.05 Å². The number of hydrogen-bond acceptors (Lipinski definition) is 1. The Morgan fingerprint density at radius 3 is 2.69 bits per heavy atom. The van der Waals surface area contributed by atoms with Gasteiger partial charge in [-0.2, -0.15) is 0 Å². The van der Waals surface area contributed by atoms with E-state index in [9.17, 15) is 4.39 Å². The van der Waals surface area contributed by atoms with E-state index in [1.807, 2.05) is 13.0 Å². The van der Waals surface area contributed by atoms with E-state index >= 15 is 0 Å². The van der Waals surface area contributed by atoms with Crippen LogP contribution >= 0.6 is 11.6 Å². The van der Waals surface area contributed by atoms with Gasteiger partial charge in [-0.3, -0.25) is 0 Å². The Morgan fingerprint density at radius 2 is 2.12 bits per heavy atom. The fraction of sp³-hybridized carbons (Fsp3) is 0.692. The zero-order valence-corrected chi connectivity index (χ0v) is 10.9. The smallest absolute Gasteiger partial charge is 0.123 e. The summed E-state index contributed by atoms with van der Waals surface area (Å²) in [7, 11) is 1.74. The van der Waals surface area contributed by atoms with Gasteiger partial charge in [0.2, 0.25) is 0 Å². The average Bonchev–Trinajstić information content (AvgIpc) is 2.29. The Hall–Kier alpha value is -0.500. The summed E-state index contributed by atoms with van der Waals surface area (Å²) >= 11 is 6.22. The molecule has 1 N–H and O–H groups in total. The van der Waals surface area contributed by atoms with Gasteiger partial charge >= 0.3 is 0 Å². The van der Waals surface area contributed by atoms with Crippen LogP contribution < -0.4 is 5.32 Å². The van der Waals surface area contributed by atoms with Crippen LogP contribution in [0, 0.1) is 5.92 Å². The summed E-state index contributed by atoms with van der Waals surface area (Å²) in [5.41, 5.74) is 0.581. The van der Waals surface area contributed by atoms with Crippen LogP contribution in [0.15, 0.2) is 23.7 Å². The van der Waals surface area contributed by atoms with E-state index in [0.717, 1.165) is 12.8 Å². The molecule has 0 saturated heterocycles. The van der Waals surface area contributed by atoms with Crippen molar-refractivity contribution >= 4 is 11.6 Å². The van der Waals surface area contributed by atoms with Crippen molar-refractivity contribution in [3.05, 3.63) is 23.7 Å². The number of allylic oxidation sites excluding steroid dienone is 3. The predicted octanol–water partition coefficient (Wildman–Crippen LogP) is 4.15. The highest BCUT2D eigenvalue weighted by molar-refractivity contribution is 6.20. The summed E-state index contributed by atoms with van der Waals surface area (Å²) in [6.07, 6.45) is 8.51. The second kappa shape index (κ2) is 6.95. The van der Waals surface area contributed by atoms with Gasteiger partial charge in [0.15, 0.2) is 0 Å². The summed E-state index contributed by atoms with van der Waals surface area (Å²) < 4.78 is 13.9. The van der Waals surface area contributed by atoms with E-state index in [4.69, 9.17) is 11.6 Å². The lowest BCUT2D eigenvalue weighted by atomic mass is 9.86. The molecule has 0 bridgehead atoms. The van der Waals surface area contributed by atoms with Crippen LogP contribution in [0.5, 0.6) is 0 Å². The van der Waals surface area contributed by atoms with Crippen molar-refractivity contribution in [1.29, 1.82) is 0 Å². The second-order valence-electron chi connectivity index (χ2n) is 4.33. The van der Waals surface area contributed by atoms with Gasteiger partial charge < -0.3 is 5.32 Å². The monoisotopic (exact) mass is 245 g/mol. The number of hydrogen-bond donors (Lipinski definition) is 1. The Labute approximate surface area is 103 Å². The SMILES string of the molecule is C/C=C\C(NC)=C(\F)CC1CCCCC1Cl. The van der Waals surface area contributed by atoms with Crippen LogP contribution in [0.25, 0.3) is 0 Å². The highest BCUT2D eigenvalue weighted by atomic mass is 35.5. The molecule has 1 nitrogen and oxygen atoms in total. The number of alkyl halides is 1. The van der Waals surface area contributed by atoms with Crippen molar-refractivity contribution < 1.29 is 4.39 Å². The molecule has 1 rings (SSSR count). The molecule has 2 atom stereocenters. The third kappa shape index (κ3) is 3.82. The highest BCUT2D eigenvalue weighted by Crippen LogP contribution is 2.33. The van der Waals surface area contributed by atoms with Crippen molar-refractivity contribution in [2.45, 2.75) is 44.4 Å². The maximum absolute atomic E-state index is 13.9. The Bertz CT molecular complexity index is 273. The number of nitrogens with one attached hydrogen (secondary N) is 1. The van der Waals surface area contributed by atoms with Gasteiger partial charge in [0.25, 0.3) is 0 Å². The van der Waals surface area contributed by atoms with Crippen LogP contribution in [0.2, 0.25) is 0 Å². The maximum Gasteiger partial charge on any atom is 0.123 e. The van der Waals surface area contributed by atoms with Gasteiger partial charge in [0.05, 0.1) is 5.70 Å². The second-order valence-corrected chi connectivity index (χ2v) is 4.89. The fourth-order valence-electron chi connectivity index (χ4n) is 2.21. The van der Waals surface area contributed by atoms with Gasteiger partial charge in [-0.15, -0.1) is 11.6 Å². The molecule has 0 spiro atoms. The van der Waals surface area contributed by atoms with Crippen LogP contribution in [-0.4, -0.2) is 12.4 Å². The maximum atomic E-state index is 13.9. The summed E-state index contributed by atoms with van der Waals surface area (Å²) in [6, 6.07) is 0. The Morgan fingerprint density at radius 1 is 1.44 bits per heavy atom. The van der Waals surface area contributed by atoms with E-state index in [0.29, 0.717) is 18.0 Å². The third-order valence-corrected chi connectivity index (χ3v) is 3.73. The van der Waals surface area contributed by atoms with Crippen LogP contribution in [0.3, 0.4) is 0 Å². The lowest BCUT2D eigenvalue weighted by Crippen LogP contribution is -2.20. The number of likely N-dealkylation sites (N-methyl/N-ethyl adjacent to an activating group) is 1. The van der Waals surface area contributed by atoms with Gasteiger partial charge in [-0.1, -0.05) is 18.9 Å². The normalized spacial score (nSPS) is 28.0. The summed E-state index contributed by atoms with van der Waals surface area (Å²) in [5, 5.41) is 3.02. The molecule has 16 heavy (non-hydrogen) atoms. The first-order valence-electron chi connectivity index (χ1n) is 6.02. The van der Waals surface area contributed by atoms with Gasteiger partial charge in [-0.25, -0.2) is 4.39 Å². The van der Waals surface area contributed by atoms with Crippen molar-refractivity contribution in [3.8, 4) is 0 Å². The molecule has 0 aromatic heterocycles. The molecule has 1 fully saturated rings. The molecular formula is C13H21ClFN. The van der Waals surface area contributed by atoms with E-state index < -0.39 is 0 Å². The molecule has 0 aromatic rings. The predicted molar refractivity (Wildman–Crippen MR) is 68.2 cm³/mol. The molecule has 0 aliphatic heterocycles. The first kappa shape index (κ1) is 13.6. The minimum Gasteiger partial charge on any atom is -0.386 e. The summed E-state index contributed by atoms with van der Waals surface area (Å²) in [5.74, 6) is 0.224. The van der Waals surface area contributed by atoms with E-state index in [1.54, 1.807) is 13.1 Å². The largest absolute Gasteiger partial charge is 0.386 e. The molecule has 0 aromatic carbocycles. The highest BCUT2D eigenvalue weighted by Gasteiger charge is 2.24. The number of halogens is 2. The van der Waals surface area contributed by atoms with Crippen LogP contribution in [0.4, 0.5) is 4.39 Å². The zero-order chi connectivity index (χ0) is 12.0. The quantitative estimate of drug-likeness (QED) is 0.580. The molecule has 92 valence electrons. The first-order valence-corrected chi connectivity index (χ1v) is 6.45.